The second-order valence-corrected chi connectivity index (χ2v) is 10.6. The first kappa shape index (κ1) is 28.3. The molecular weight excluding hydrogens is 534 g/mol. The Morgan fingerprint density at radius 3 is 2.13 bits per heavy atom. The summed E-state index contributed by atoms with van der Waals surface area (Å²) in [6.07, 6.45) is -1.01. The Labute approximate surface area is 223 Å². The summed E-state index contributed by atoms with van der Waals surface area (Å²) in [5.41, 5.74) is 1.41. The van der Waals surface area contributed by atoms with Crippen LogP contribution in [-0.2, 0) is 19.5 Å². The van der Waals surface area contributed by atoms with Crippen LogP contribution in [0.25, 0.3) is 0 Å². The molecule has 13 heteroatoms. The summed E-state index contributed by atoms with van der Waals surface area (Å²) < 4.78 is 37.1. The maximum atomic E-state index is 13.0. The maximum absolute atomic E-state index is 13.0. The number of aryl methyl sites for hydroxylation is 1. The summed E-state index contributed by atoms with van der Waals surface area (Å²) in [5.74, 6) is -2.20. The van der Waals surface area contributed by atoms with Crippen molar-refractivity contribution >= 4 is 55.9 Å². The number of amides is 3. The molecule has 0 aliphatic heterocycles. The molecule has 38 heavy (non-hydrogen) atoms. The van der Waals surface area contributed by atoms with Gasteiger partial charge in [-0.3, -0.25) is 19.6 Å². The second kappa shape index (κ2) is 11.9. The molecule has 0 unspecified atom stereocenters. The number of methoxy groups -OCH3 is 1. The third-order valence-electron chi connectivity index (χ3n) is 5.19. The van der Waals surface area contributed by atoms with Crippen molar-refractivity contribution in [3.63, 3.8) is 0 Å². The lowest BCUT2D eigenvalue weighted by Crippen LogP contribution is -2.31. The van der Waals surface area contributed by atoms with Crippen LogP contribution in [0.3, 0.4) is 0 Å². The van der Waals surface area contributed by atoms with Gasteiger partial charge < -0.3 is 14.8 Å². The van der Waals surface area contributed by atoms with Gasteiger partial charge in [-0.05, 0) is 62.7 Å². The van der Waals surface area contributed by atoms with Gasteiger partial charge in [-0.2, -0.15) is 0 Å². The number of alkyl carbamates (subject to hydrolysis) is 1. The Kier molecular flexibility index (Phi) is 8.86. The first-order valence-corrected chi connectivity index (χ1v) is 13.5. The van der Waals surface area contributed by atoms with Crippen LogP contribution in [0.15, 0.2) is 53.4 Å². The van der Waals surface area contributed by atoms with Crippen molar-refractivity contribution in [2.75, 3.05) is 23.8 Å². The molecule has 3 rings (SSSR count). The minimum Gasteiger partial charge on any atom is -0.462 e. The number of thiophene rings is 1. The molecule has 0 bridgehead atoms. The molecule has 1 heterocycles. The highest BCUT2D eigenvalue weighted by Crippen LogP contribution is 2.34. The number of nitrogens with one attached hydrogen (secondary N) is 3. The van der Waals surface area contributed by atoms with Crippen molar-refractivity contribution < 1.29 is 37.1 Å². The number of esters is 1. The predicted octanol–water partition coefficient (Wildman–Crippen LogP) is 4.09. The average Bonchev–Trinajstić information content (AvgIpc) is 3.20. The Bertz CT molecular complexity index is 1480. The number of benzene rings is 2. The van der Waals surface area contributed by atoms with E-state index in [1.165, 1.54) is 43.3 Å². The molecular formula is C25H25N3O8S2. The average molecular weight is 560 g/mol. The third kappa shape index (κ3) is 6.55. The van der Waals surface area contributed by atoms with Gasteiger partial charge in [0.2, 0.25) is 0 Å². The highest BCUT2D eigenvalue weighted by molar-refractivity contribution is 7.92. The summed E-state index contributed by atoms with van der Waals surface area (Å²) >= 11 is 0.819. The Morgan fingerprint density at radius 1 is 0.921 bits per heavy atom. The summed E-state index contributed by atoms with van der Waals surface area (Å²) in [6, 6.07) is 11.9. The van der Waals surface area contributed by atoms with E-state index in [4.69, 9.17) is 4.74 Å². The van der Waals surface area contributed by atoms with Gasteiger partial charge in [0.1, 0.15) is 9.88 Å². The van der Waals surface area contributed by atoms with Crippen molar-refractivity contribution in [3.05, 3.63) is 75.7 Å². The number of rotatable bonds is 8. The molecule has 3 N–H and O–H groups in total. The van der Waals surface area contributed by atoms with Crippen LogP contribution in [0.2, 0.25) is 0 Å². The van der Waals surface area contributed by atoms with E-state index < -0.39 is 33.9 Å². The maximum Gasteiger partial charge on any atom is 0.413 e. The molecule has 0 saturated carbocycles. The molecule has 11 nitrogen and oxygen atoms in total. The molecule has 200 valence electrons. The Balaban J connectivity index is 1.84. The van der Waals surface area contributed by atoms with Crippen LogP contribution in [0, 0.1) is 13.8 Å². The minimum absolute atomic E-state index is 0.0149. The summed E-state index contributed by atoms with van der Waals surface area (Å²) in [6.45, 7) is 5.05. The second-order valence-electron chi connectivity index (χ2n) is 7.88. The summed E-state index contributed by atoms with van der Waals surface area (Å²) in [5, 5.41) is 4.60. The zero-order chi connectivity index (χ0) is 28.0. The van der Waals surface area contributed by atoms with Crippen molar-refractivity contribution in [1.29, 1.82) is 0 Å². The van der Waals surface area contributed by atoms with Crippen molar-refractivity contribution in [2.45, 2.75) is 25.7 Å². The fourth-order valence-corrected chi connectivity index (χ4v) is 5.42. The van der Waals surface area contributed by atoms with E-state index >= 15 is 0 Å². The normalized spacial score (nSPS) is 10.8. The fraction of sp³-hybridized carbons (Fsp3) is 0.200. The number of carbonyl (C=O) groups excluding carboxylic acids is 4. The fourth-order valence-electron chi connectivity index (χ4n) is 3.27. The molecule has 2 aromatic carbocycles. The van der Waals surface area contributed by atoms with E-state index in [0.717, 1.165) is 24.0 Å². The van der Waals surface area contributed by atoms with E-state index in [2.05, 4.69) is 14.8 Å². The standard InChI is InChI=1S/C25H25N3O8S2/c1-5-36-24(31)20-15(3)19(22(30)27-25(32)35-4)23(37-20)26-21(29)16-8-10-17(11-9-16)28-38(33,34)18-12-6-14(2)7-13-18/h6-13,28H,5H2,1-4H3,(H,26,29)(H,27,30,32). The predicted molar refractivity (Wildman–Crippen MR) is 141 cm³/mol. The van der Waals surface area contributed by atoms with Crippen LogP contribution in [0.5, 0.6) is 0 Å². The lowest BCUT2D eigenvalue weighted by atomic mass is 10.1. The molecule has 0 saturated heterocycles. The zero-order valence-corrected chi connectivity index (χ0v) is 22.5. The van der Waals surface area contributed by atoms with E-state index in [1.807, 2.05) is 12.2 Å². The molecule has 0 radical (unpaired) electrons. The largest absolute Gasteiger partial charge is 0.462 e. The van der Waals surface area contributed by atoms with Crippen LogP contribution in [-0.4, -0.2) is 46.0 Å². The zero-order valence-electron chi connectivity index (χ0n) is 20.9. The summed E-state index contributed by atoms with van der Waals surface area (Å²) in [4.78, 5) is 49.7. The van der Waals surface area contributed by atoms with Gasteiger partial charge >= 0.3 is 12.1 Å². The molecule has 1 aromatic heterocycles. The van der Waals surface area contributed by atoms with Crippen molar-refractivity contribution in [2.24, 2.45) is 0 Å². The third-order valence-corrected chi connectivity index (χ3v) is 7.78. The first-order chi connectivity index (χ1) is 18.0. The van der Waals surface area contributed by atoms with Crippen molar-refractivity contribution in [1.82, 2.24) is 5.32 Å². The smallest absolute Gasteiger partial charge is 0.413 e. The molecule has 0 aliphatic rings. The lowest BCUT2D eigenvalue weighted by Gasteiger charge is -2.10. The quantitative estimate of drug-likeness (QED) is 0.348. The molecule has 0 aliphatic carbocycles. The van der Waals surface area contributed by atoms with E-state index in [0.29, 0.717) is 0 Å². The molecule has 3 aromatic rings. The highest BCUT2D eigenvalue weighted by Gasteiger charge is 2.28. The summed E-state index contributed by atoms with van der Waals surface area (Å²) in [7, 11) is -2.75. The number of anilines is 2. The number of carbonyl (C=O) groups is 4. The van der Waals surface area contributed by atoms with Gasteiger partial charge in [-0.15, -0.1) is 11.3 Å². The Morgan fingerprint density at radius 2 is 1.55 bits per heavy atom. The van der Waals surface area contributed by atoms with Crippen LogP contribution >= 0.6 is 11.3 Å². The van der Waals surface area contributed by atoms with Gasteiger partial charge in [0.15, 0.2) is 0 Å². The van der Waals surface area contributed by atoms with E-state index in [9.17, 15) is 27.6 Å². The number of hydrogen-bond acceptors (Lipinski definition) is 9. The van der Waals surface area contributed by atoms with Gasteiger partial charge in [0, 0.05) is 11.3 Å². The highest BCUT2D eigenvalue weighted by atomic mass is 32.2. The van der Waals surface area contributed by atoms with Crippen LogP contribution < -0.4 is 15.4 Å². The monoisotopic (exact) mass is 559 g/mol. The number of imide groups is 1. The van der Waals surface area contributed by atoms with Gasteiger partial charge in [0.25, 0.3) is 21.8 Å². The van der Waals surface area contributed by atoms with Gasteiger partial charge in [0.05, 0.1) is 24.2 Å². The SMILES string of the molecule is CCOC(=O)c1sc(NC(=O)c2ccc(NS(=O)(=O)c3ccc(C)cc3)cc2)c(C(=O)NC(=O)OC)c1C. The van der Waals surface area contributed by atoms with E-state index in [-0.39, 0.29) is 43.8 Å². The number of sulfonamides is 1. The van der Waals surface area contributed by atoms with Gasteiger partial charge in [-0.1, -0.05) is 17.7 Å². The topological polar surface area (TPSA) is 157 Å². The van der Waals surface area contributed by atoms with E-state index in [1.54, 1.807) is 19.1 Å². The number of ether oxygens (including phenoxy) is 2. The van der Waals surface area contributed by atoms with Crippen molar-refractivity contribution in [3.8, 4) is 0 Å². The first-order valence-electron chi connectivity index (χ1n) is 11.2. The molecule has 3 amide bonds. The van der Waals surface area contributed by atoms with Crippen LogP contribution in [0.4, 0.5) is 15.5 Å². The van der Waals surface area contributed by atoms with Gasteiger partial charge in [-0.25, -0.2) is 18.0 Å². The lowest BCUT2D eigenvalue weighted by molar-refractivity contribution is 0.0531. The number of hydrogen-bond donors (Lipinski definition) is 3. The minimum atomic E-state index is -3.83. The Hall–Kier alpha value is -4.23. The molecule has 0 atom stereocenters. The molecule has 0 spiro atoms. The molecule has 0 fully saturated rings. The van der Waals surface area contributed by atoms with Crippen LogP contribution in [0.1, 0.15) is 48.4 Å².